The fourth-order valence-electron chi connectivity index (χ4n) is 3.79. The van der Waals surface area contributed by atoms with E-state index in [2.05, 4.69) is 9.97 Å². The average molecular weight is 392 g/mol. The zero-order valence-corrected chi connectivity index (χ0v) is 16.9. The summed E-state index contributed by atoms with van der Waals surface area (Å²) in [6.07, 6.45) is 0. The van der Waals surface area contributed by atoms with Crippen molar-refractivity contribution in [2.24, 2.45) is 5.92 Å². The van der Waals surface area contributed by atoms with E-state index in [4.69, 9.17) is 14.9 Å². The summed E-state index contributed by atoms with van der Waals surface area (Å²) in [6.45, 7) is 4.03. The van der Waals surface area contributed by atoms with Crippen LogP contribution in [0.25, 0.3) is 16.6 Å². The van der Waals surface area contributed by atoms with Crippen molar-refractivity contribution < 1.29 is 14.6 Å². The number of amidine groups is 1. The number of hydrogen-bond acceptors (Lipinski definition) is 5. The van der Waals surface area contributed by atoms with Gasteiger partial charge in [0.25, 0.3) is 0 Å². The monoisotopic (exact) mass is 392 g/mol. The van der Waals surface area contributed by atoms with E-state index >= 15 is 0 Å². The van der Waals surface area contributed by atoms with E-state index in [1.165, 1.54) is 0 Å². The van der Waals surface area contributed by atoms with E-state index in [0.717, 1.165) is 11.0 Å². The van der Waals surface area contributed by atoms with E-state index in [1.54, 1.807) is 25.2 Å². The van der Waals surface area contributed by atoms with Gasteiger partial charge in [0, 0.05) is 18.2 Å². The number of aliphatic hydroxyl groups is 1. The summed E-state index contributed by atoms with van der Waals surface area (Å²) in [5.74, 6) is 2.07. The van der Waals surface area contributed by atoms with E-state index in [1.807, 2.05) is 50.2 Å². The molecule has 1 atom stereocenters. The van der Waals surface area contributed by atoms with Crippen molar-refractivity contribution in [2.75, 3.05) is 19.1 Å². The largest absolute Gasteiger partial charge is 0.509 e. The molecule has 150 valence electrons. The van der Waals surface area contributed by atoms with Gasteiger partial charge in [-0.25, -0.2) is 4.98 Å². The highest BCUT2D eigenvalue weighted by atomic mass is 16.5. The molecule has 3 N–H and O–H groups in total. The molecule has 0 radical (unpaired) electrons. The zero-order chi connectivity index (χ0) is 20.7. The van der Waals surface area contributed by atoms with Crippen LogP contribution < -0.4 is 14.4 Å². The van der Waals surface area contributed by atoms with Crippen molar-refractivity contribution in [3.63, 3.8) is 0 Å². The first-order valence-corrected chi connectivity index (χ1v) is 9.44. The van der Waals surface area contributed by atoms with Crippen LogP contribution in [-0.4, -0.2) is 41.2 Å². The molecule has 2 aromatic carbocycles. The molecule has 0 amide bonds. The maximum atomic E-state index is 11.1. The molecule has 0 unspecified atom stereocenters. The second-order valence-electron chi connectivity index (χ2n) is 7.34. The molecule has 1 aromatic heterocycles. The van der Waals surface area contributed by atoms with Crippen molar-refractivity contribution in [3.8, 4) is 11.5 Å². The predicted octanol–water partition coefficient (Wildman–Crippen LogP) is 4.37. The molecule has 4 rings (SSSR count). The molecule has 7 nitrogen and oxygen atoms in total. The molecular formula is C22H24N4O3. The molecule has 0 spiro atoms. The number of fused-ring (bicyclic) bond motifs is 1. The number of H-pyrrole nitrogens is 1. The Labute approximate surface area is 169 Å². The zero-order valence-electron chi connectivity index (χ0n) is 16.9. The highest BCUT2D eigenvalue weighted by Crippen LogP contribution is 2.40. The van der Waals surface area contributed by atoms with Gasteiger partial charge in [0.1, 0.15) is 28.9 Å². The third-order valence-electron chi connectivity index (χ3n) is 5.16. The number of aromatic amines is 1. The van der Waals surface area contributed by atoms with Gasteiger partial charge in [-0.2, -0.15) is 0 Å². The normalized spacial score (nSPS) is 16.9. The lowest BCUT2D eigenvalue weighted by molar-refractivity contribution is 0.343. The van der Waals surface area contributed by atoms with Crippen molar-refractivity contribution >= 4 is 28.1 Å². The lowest BCUT2D eigenvalue weighted by Crippen LogP contribution is -2.39. The molecule has 3 aromatic rings. The van der Waals surface area contributed by atoms with Gasteiger partial charge in [0.05, 0.1) is 42.6 Å². The topological polar surface area (TPSA) is 94.5 Å². The first-order valence-electron chi connectivity index (χ1n) is 9.44. The summed E-state index contributed by atoms with van der Waals surface area (Å²) >= 11 is 0. The number of anilines is 1. The molecule has 2 heterocycles. The number of hydrogen-bond donors (Lipinski definition) is 3. The van der Waals surface area contributed by atoms with Gasteiger partial charge >= 0.3 is 0 Å². The number of benzene rings is 2. The van der Waals surface area contributed by atoms with Crippen molar-refractivity contribution in [1.82, 2.24) is 9.97 Å². The Morgan fingerprint density at radius 2 is 1.76 bits per heavy atom. The van der Waals surface area contributed by atoms with E-state index < -0.39 is 6.04 Å². The minimum atomic E-state index is -0.400. The van der Waals surface area contributed by atoms with Gasteiger partial charge < -0.3 is 24.5 Å². The number of para-hydroxylation sites is 2. The summed E-state index contributed by atoms with van der Waals surface area (Å²) in [5, 5.41) is 20.0. The summed E-state index contributed by atoms with van der Waals surface area (Å²) in [7, 11) is 3.17. The summed E-state index contributed by atoms with van der Waals surface area (Å²) in [4.78, 5) is 9.62. The second-order valence-corrected chi connectivity index (χ2v) is 7.34. The van der Waals surface area contributed by atoms with Gasteiger partial charge in [0.2, 0.25) is 0 Å². The molecule has 1 aliphatic heterocycles. The Balaban J connectivity index is 1.84. The summed E-state index contributed by atoms with van der Waals surface area (Å²) < 4.78 is 10.8. The quantitative estimate of drug-likeness (QED) is 0.599. The summed E-state index contributed by atoms with van der Waals surface area (Å²) in [6, 6.07) is 12.7. The number of methoxy groups -OCH3 is 2. The fraction of sp³-hybridized carbons (Fsp3) is 0.273. The number of nitrogens with zero attached hydrogens (tertiary/aromatic N) is 2. The lowest BCUT2D eigenvalue weighted by Gasteiger charge is -2.30. The standard InChI is InChI=1S/C22H24N4O3/c1-12(2)19-20(27)18(22-24-16-7-5-6-8-17(16)25-22)21(23)26(19)13-9-14(28-3)11-15(10-13)29-4/h5-12,19,23,27H,1-4H3,(H,24,25)/t19-/m1/s1. The Kier molecular flexibility index (Phi) is 4.66. The predicted molar refractivity (Wildman–Crippen MR) is 114 cm³/mol. The van der Waals surface area contributed by atoms with E-state index in [-0.39, 0.29) is 17.5 Å². The van der Waals surface area contributed by atoms with Crippen LogP contribution in [0, 0.1) is 11.3 Å². The number of aromatic nitrogens is 2. The average Bonchev–Trinajstić information content (AvgIpc) is 3.25. The van der Waals surface area contributed by atoms with Gasteiger partial charge in [-0.05, 0) is 18.1 Å². The lowest BCUT2D eigenvalue weighted by atomic mass is 10.0. The molecule has 1 aliphatic rings. The first kappa shape index (κ1) is 18.9. The molecule has 0 bridgehead atoms. The van der Waals surface area contributed by atoms with Gasteiger partial charge in [0.15, 0.2) is 0 Å². The molecule has 0 saturated heterocycles. The maximum Gasteiger partial charge on any atom is 0.145 e. The minimum absolute atomic E-state index is 0.0504. The molecule has 0 saturated carbocycles. The van der Waals surface area contributed by atoms with E-state index in [0.29, 0.717) is 28.6 Å². The SMILES string of the molecule is COc1cc(OC)cc(N2C(=N)C(c3nc4ccccc4[nH]3)=C(O)[C@H]2C(C)C)c1. The number of rotatable bonds is 5. The van der Waals surface area contributed by atoms with Crippen molar-refractivity contribution in [2.45, 2.75) is 19.9 Å². The van der Waals surface area contributed by atoms with Crippen molar-refractivity contribution in [3.05, 3.63) is 54.0 Å². The van der Waals surface area contributed by atoms with Crippen LogP contribution in [0.1, 0.15) is 19.7 Å². The van der Waals surface area contributed by atoms with Crippen LogP contribution in [0.5, 0.6) is 11.5 Å². The van der Waals surface area contributed by atoms with Crippen LogP contribution in [0.15, 0.2) is 48.2 Å². The number of aliphatic hydroxyl groups excluding tert-OH is 1. The Morgan fingerprint density at radius 1 is 1.10 bits per heavy atom. The number of nitrogens with one attached hydrogen (secondary N) is 2. The molecule has 7 heteroatoms. The second kappa shape index (κ2) is 7.16. The van der Waals surface area contributed by atoms with Crippen LogP contribution in [0.2, 0.25) is 0 Å². The van der Waals surface area contributed by atoms with Crippen molar-refractivity contribution in [1.29, 1.82) is 5.41 Å². The minimum Gasteiger partial charge on any atom is -0.509 e. The smallest absolute Gasteiger partial charge is 0.145 e. The molecule has 0 aliphatic carbocycles. The van der Waals surface area contributed by atoms with Crippen LogP contribution in [0.3, 0.4) is 0 Å². The maximum absolute atomic E-state index is 11.1. The third-order valence-corrected chi connectivity index (χ3v) is 5.16. The highest BCUT2D eigenvalue weighted by Gasteiger charge is 2.41. The van der Waals surface area contributed by atoms with Crippen LogP contribution in [-0.2, 0) is 0 Å². The Morgan fingerprint density at radius 3 is 2.34 bits per heavy atom. The molecular weight excluding hydrogens is 368 g/mol. The number of imidazole rings is 1. The Hall–Kier alpha value is -3.48. The van der Waals surface area contributed by atoms with Gasteiger partial charge in [-0.15, -0.1) is 0 Å². The van der Waals surface area contributed by atoms with Crippen LogP contribution >= 0.6 is 0 Å². The van der Waals surface area contributed by atoms with E-state index in [9.17, 15) is 5.11 Å². The third kappa shape index (κ3) is 3.08. The van der Waals surface area contributed by atoms with Crippen LogP contribution in [0.4, 0.5) is 5.69 Å². The molecule has 29 heavy (non-hydrogen) atoms. The molecule has 0 fully saturated rings. The number of ether oxygens (including phenoxy) is 2. The highest BCUT2D eigenvalue weighted by molar-refractivity contribution is 6.31. The summed E-state index contributed by atoms with van der Waals surface area (Å²) in [5.41, 5.74) is 2.76. The Bertz CT molecular complexity index is 1060. The first-order chi connectivity index (χ1) is 13.9. The van der Waals surface area contributed by atoms with Gasteiger partial charge in [-0.3, -0.25) is 5.41 Å². The van der Waals surface area contributed by atoms with Gasteiger partial charge in [-0.1, -0.05) is 26.0 Å². The fourth-order valence-corrected chi connectivity index (χ4v) is 3.79.